The van der Waals surface area contributed by atoms with Gasteiger partial charge in [0.25, 0.3) is 0 Å². The summed E-state index contributed by atoms with van der Waals surface area (Å²) in [6.45, 7) is 1.12. The summed E-state index contributed by atoms with van der Waals surface area (Å²) in [5.41, 5.74) is 2.71. The highest BCUT2D eigenvalue weighted by atomic mass is 35.5. The fraction of sp³-hybridized carbons (Fsp3) is 0.350. The van der Waals surface area contributed by atoms with E-state index in [1.54, 1.807) is 35.2 Å². The first-order valence-electron chi connectivity index (χ1n) is 8.70. The van der Waals surface area contributed by atoms with E-state index in [-0.39, 0.29) is 23.9 Å². The molecule has 0 aliphatic carbocycles. The Morgan fingerprint density at radius 3 is 2.39 bits per heavy atom. The molecule has 1 aliphatic heterocycles. The molecule has 0 spiro atoms. The average Bonchev–Trinajstić information content (AvgIpc) is 2.62. The van der Waals surface area contributed by atoms with Crippen LogP contribution in [0.25, 0.3) is 0 Å². The maximum atomic E-state index is 13.2. The average molecular weight is 408 g/mol. The molecule has 0 saturated carbocycles. The fourth-order valence-electron chi connectivity index (χ4n) is 3.61. The van der Waals surface area contributed by atoms with Crippen molar-refractivity contribution in [3.8, 4) is 0 Å². The van der Waals surface area contributed by atoms with E-state index in [1.165, 1.54) is 5.56 Å². The van der Waals surface area contributed by atoms with E-state index in [9.17, 15) is 14.9 Å². The zero-order valence-corrected chi connectivity index (χ0v) is 16.8. The predicted octanol–water partition coefficient (Wildman–Crippen LogP) is 2.29. The summed E-state index contributed by atoms with van der Waals surface area (Å²) in [4.78, 5) is 28.1. The molecular weight excluding hydrogens is 382 g/mol. The molecule has 2 N–H and O–H groups in total. The van der Waals surface area contributed by atoms with Crippen molar-refractivity contribution in [1.82, 2.24) is 9.80 Å². The Kier molecular flexibility index (Phi) is 8.56. The van der Waals surface area contributed by atoms with E-state index < -0.39 is 16.9 Å². The molecule has 3 rings (SSSR count). The molecule has 0 saturated heterocycles. The summed E-state index contributed by atoms with van der Waals surface area (Å²) in [7, 11) is 3.89. The molecular formula is C20H26ClN3O4. The molecule has 2 aromatic carbocycles. The Morgan fingerprint density at radius 1 is 1.18 bits per heavy atom. The van der Waals surface area contributed by atoms with E-state index in [2.05, 4.69) is 6.07 Å². The van der Waals surface area contributed by atoms with Crippen LogP contribution in [0.3, 0.4) is 0 Å². The molecule has 1 heterocycles. The number of rotatable bonds is 5. The van der Waals surface area contributed by atoms with E-state index in [1.807, 2.05) is 37.2 Å². The molecule has 0 radical (unpaired) electrons. The Balaban J connectivity index is 0.00000196. The Bertz CT molecular complexity index is 801. The minimum Gasteiger partial charge on any atom is -0.412 e. The summed E-state index contributed by atoms with van der Waals surface area (Å²) < 4.78 is 0. The lowest BCUT2D eigenvalue weighted by molar-refractivity contribution is -0.515. The van der Waals surface area contributed by atoms with E-state index in [0.29, 0.717) is 25.1 Å². The molecule has 7 nitrogen and oxygen atoms in total. The van der Waals surface area contributed by atoms with Gasteiger partial charge in [-0.1, -0.05) is 54.6 Å². The number of hydrogen-bond acceptors (Lipinski definition) is 4. The second kappa shape index (κ2) is 10.2. The number of hydrogen-bond donors (Lipinski definition) is 0. The molecule has 2 unspecified atom stereocenters. The number of carbonyl (C=O) groups is 1. The summed E-state index contributed by atoms with van der Waals surface area (Å²) in [6, 6.07) is 15.0. The summed E-state index contributed by atoms with van der Waals surface area (Å²) in [5, 5.41) is 11.7. The number of likely N-dealkylation sites (N-methyl/N-ethyl adjacent to an activating group) is 1. The van der Waals surface area contributed by atoms with Crippen LogP contribution in [0.4, 0.5) is 0 Å². The Morgan fingerprint density at radius 2 is 1.79 bits per heavy atom. The molecule has 152 valence electrons. The van der Waals surface area contributed by atoms with Crippen LogP contribution in [0, 0.1) is 10.1 Å². The van der Waals surface area contributed by atoms with Gasteiger partial charge >= 0.3 is 11.9 Å². The van der Waals surface area contributed by atoms with Crippen LogP contribution in [0.5, 0.6) is 0 Å². The lowest BCUT2D eigenvalue weighted by Crippen LogP contribution is -2.47. The van der Waals surface area contributed by atoms with Crippen molar-refractivity contribution in [2.24, 2.45) is 0 Å². The van der Waals surface area contributed by atoms with Crippen molar-refractivity contribution < 1.29 is 15.2 Å². The number of amides is 1. The topological polar surface area (TPSA) is 98.2 Å². The monoisotopic (exact) mass is 407 g/mol. The molecule has 2 aromatic rings. The molecule has 1 amide bonds. The van der Waals surface area contributed by atoms with Crippen LogP contribution in [-0.2, 0) is 11.2 Å². The lowest BCUT2D eigenvalue weighted by Gasteiger charge is -2.39. The molecule has 2 atom stereocenters. The Labute approximate surface area is 170 Å². The summed E-state index contributed by atoms with van der Waals surface area (Å²) >= 11 is 0. The highest BCUT2D eigenvalue weighted by molar-refractivity contribution is 5.85. The first kappa shape index (κ1) is 23.6. The van der Waals surface area contributed by atoms with Crippen LogP contribution in [0.15, 0.2) is 54.6 Å². The highest BCUT2D eigenvalue weighted by Crippen LogP contribution is 2.33. The van der Waals surface area contributed by atoms with Gasteiger partial charge in [-0.2, -0.15) is 0 Å². The van der Waals surface area contributed by atoms with E-state index in [0.717, 1.165) is 5.56 Å². The van der Waals surface area contributed by atoms with Crippen molar-refractivity contribution in [2.45, 2.75) is 18.5 Å². The smallest absolute Gasteiger partial charge is 0.315 e. The number of benzene rings is 2. The van der Waals surface area contributed by atoms with Gasteiger partial charge in [-0.15, -0.1) is 12.4 Å². The van der Waals surface area contributed by atoms with Gasteiger partial charge in [0.1, 0.15) is 0 Å². The molecule has 1 aliphatic rings. The third-order valence-corrected chi connectivity index (χ3v) is 4.79. The van der Waals surface area contributed by atoms with Crippen molar-refractivity contribution in [2.75, 3.05) is 27.2 Å². The minimum absolute atomic E-state index is 0. The third kappa shape index (κ3) is 4.86. The molecule has 28 heavy (non-hydrogen) atoms. The molecule has 0 fully saturated rings. The maximum Gasteiger partial charge on any atom is 0.315 e. The standard InChI is InChI=1S/C20H23N3O3.ClH.H2O/c1-21(2)14-18-17-11-7-6-8-15(17)12-13-22(18)20(24)19(23(25)26)16-9-4-3-5-10-16;;/h3-11,18-19H,12-14H2,1-2H3;1H;1H2. The largest absolute Gasteiger partial charge is 0.412 e. The van der Waals surface area contributed by atoms with Gasteiger partial charge in [0, 0.05) is 23.6 Å². The van der Waals surface area contributed by atoms with Gasteiger partial charge in [0.15, 0.2) is 0 Å². The third-order valence-electron chi connectivity index (χ3n) is 4.79. The van der Waals surface area contributed by atoms with Gasteiger partial charge in [-0.25, -0.2) is 0 Å². The number of carbonyl (C=O) groups excluding carboxylic acids is 1. The summed E-state index contributed by atoms with van der Waals surface area (Å²) in [5.74, 6) is -0.442. The zero-order valence-electron chi connectivity index (χ0n) is 15.9. The van der Waals surface area contributed by atoms with Crippen molar-refractivity contribution in [1.29, 1.82) is 0 Å². The first-order valence-corrected chi connectivity index (χ1v) is 8.70. The number of fused-ring (bicyclic) bond motifs is 1. The van der Waals surface area contributed by atoms with Crippen LogP contribution in [0.2, 0.25) is 0 Å². The van der Waals surface area contributed by atoms with Crippen LogP contribution >= 0.6 is 12.4 Å². The fourth-order valence-corrected chi connectivity index (χ4v) is 3.61. The van der Waals surface area contributed by atoms with Crippen LogP contribution in [-0.4, -0.2) is 53.3 Å². The molecule has 0 bridgehead atoms. The van der Waals surface area contributed by atoms with Gasteiger partial charge in [-0.05, 0) is 31.6 Å². The number of nitro groups is 1. The Hall–Kier alpha value is -2.48. The first-order chi connectivity index (χ1) is 12.5. The van der Waals surface area contributed by atoms with Crippen LogP contribution < -0.4 is 0 Å². The van der Waals surface area contributed by atoms with Crippen molar-refractivity contribution in [3.63, 3.8) is 0 Å². The maximum absolute atomic E-state index is 13.2. The highest BCUT2D eigenvalue weighted by Gasteiger charge is 2.40. The molecule has 8 heteroatoms. The van der Waals surface area contributed by atoms with E-state index in [4.69, 9.17) is 0 Å². The van der Waals surface area contributed by atoms with Crippen molar-refractivity contribution >= 4 is 18.3 Å². The quantitative estimate of drug-likeness (QED) is 0.560. The van der Waals surface area contributed by atoms with Gasteiger partial charge < -0.3 is 15.3 Å². The van der Waals surface area contributed by atoms with Gasteiger partial charge in [-0.3, -0.25) is 14.9 Å². The molecule has 0 aromatic heterocycles. The van der Waals surface area contributed by atoms with Gasteiger partial charge in [0.05, 0.1) is 6.04 Å². The second-order valence-corrected chi connectivity index (χ2v) is 6.86. The summed E-state index contributed by atoms with van der Waals surface area (Å²) in [6.07, 6.45) is 0.713. The number of halogens is 1. The predicted molar refractivity (Wildman–Crippen MR) is 110 cm³/mol. The number of nitrogens with zero attached hydrogens (tertiary/aromatic N) is 3. The second-order valence-electron chi connectivity index (χ2n) is 6.86. The zero-order chi connectivity index (χ0) is 18.7. The van der Waals surface area contributed by atoms with E-state index >= 15 is 0 Å². The van der Waals surface area contributed by atoms with Crippen LogP contribution in [0.1, 0.15) is 28.8 Å². The normalized spacial score (nSPS) is 16.4. The lowest BCUT2D eigenvalue weighted by atomic mass is 9.91. The van der Waals surface area contributed by atoms with Crippen molar-refractivity contribution in [3.05, 3.63) is 81.4 Å². The SMILES string of the molecule is CN(C)CC1c2ccccc2CCN1C(=O)C(c1ccccc1)[N+](=O)[O-].Cl.O. The minimum atomic E-state index is -1.37. The van der Waals surface area contributed by atoms with Gasteiger partial charge in [0.2, 0.25) is 0 Å².